The van der Waals surface area contributed by atoms with Crippen LogP contribution in [0.5, 0.6) is 0 Å². The van der Waals surface area contributed by atoms with Crippen molar-refractivity contribution in [2.45, 2.75) is 0 Å². The van der Waals surface area contributed by atoms with Gasteiger partial charge in [-0.15, -0.1) is 0 Å². The molecule has 20 nitrogen and oxygen atoms in total. The molecule has 0 aliphatic heterocycles. The van der Waals surface area contributed by atoms with Gasteiger partial charge in [-0.1, -0.05) is 0 Å². The molecule has 0 heterocycles. The molecule has 25 heavy (non-hydrogen) atoms. The van der Waals surface area contributed by atoms with Crippen LogP contribution in [0.15, 0.2) is 0 Å². The third-order valence-electron chi connectivity index (χ3n) is 0. The Morgan fingerprint density at radius 2 is 0.440 bits per heavy atom. The first kappa shape index (κ1) is 35.7. The first-order chi connectivity index (χ1) is 10.0. The highest BCUT2D eigenvalue weighted by atomic mass is 35.7. The zero-order valence-corrected chi connectivity index (χ0v) is 14.5. The van der Waals surface area contributed by atoms with Crippen LogP contribution in [0.4, 0.5) is 0 Å². The Bertz CT molecular complexity index is 548. The zero-order valence-electron chi connectivity index (χ0n) is 10.5. The molecule has 0 saturated carbocycles. The minimum Gasteiger partial charge on any atom is -0.264 e. The standard InChI is InChI=1S/ClHO4.4H2O4S/c2-1(3,4)5;4*1-5(2,3)4/h(H,2,3,4,5);4*(H2,1,2,3,4). The van der Waals surface area contributed by atoms with Crippen LogP contribution in [-0.2, 0) is 41.6 Å². The van der Waals surface area contributed by atoms with Crippen LogP contribution in [0.3, 0.4) is 0 Å². The molecule has 0 saturated heterocycles. The van der Waals surface area contributed by atoms with E-state index in [1.165, 1.54) is 0 Å². The van der Waals surface area contributed by atoms with Gasteiger partial charge in [0.15, 0.2) is 0 Å². The predicted molar refractivity (Wildman–Crippen MR) is 58.9 cm³/mol. The molecular formula is H9ClO20S4. The number of hydrogen-bond donors (Lipinski definition) is 9. The maximum absolute atomic E-state index is 8.74. The van der Waals surface area contributed by atoms with Crippen LogP contribution in [0.2, 0.25) is 0 Å². The molecule has 0 radical (unpaired) electrons. The van der Waals surface area contributed by atoms with Crippen LogP contribution < -0.4 is 14.0 Å². The molecule has 0 aliphatic rings. The van der Waals surface area contributed by atoms with E-state index in [1.807, 2.05) is 0 Å². The van der Waals surface area contributed by atoms with Gasteiger partial charge in [0.2, 0.25) is 0 Å². The summed E-state index contributed by atoms with van der Waals surface area (Å²) in [5.74, 6) is 0. The Labute approximate surface area is 141 Å². The molecule has 0 rings (SSSR count). The predicted octanol–water partition coefficient (Wildman–Crippen LogP) is -6.74. The molecule has 0 atom stereocenters. The third-order valence-corrected chi connectivity index (χ3v) is 0. The lowest BCUT2D eigenvalue weighted by Crippen LogP contribution is -2.58. The van der Waals surface area contributed by atoms with Crippen molar-refractivity contribution >= 4 is 41.6 Å². The number of hydrogen-bond acceptors (Lipinski definition) is 12. The quantitative estimate of drug-likeness (QED) is 0.142. The van der Waals surface area contributed by atoms with Gasteiger partial charge in [0, 0.05) is 0 Å². The minimum absolute atomic E-state index is 4.67. The van der Waals surface area contributed by atoms with Crippen molar-refractivity contribution in [2.24, 2.45) is 0 Å². The highest BCUT2D eigenvalue weighted by Gasteiger charge is 1.98. The monoisotopic (exact) mass is 492 g/mol. The first-order valence-corrected chi connectivity index (χ1v) is 10.3. The van der Waals surface area contributed by atoms with Crippen LogP contribution in [-0.4, -0.2) is 74.8 Å². The van der Waals surface area contributed by atoms with Crippen molar-refractivity contribution in [2.75, 3.05) is 0 Å². The molecular weight excluding hydrogens is 484 g/mol. The van der Waals surface area contributed by atoms with E-state index in [9.17, 15) is 0 Å². The molecule has 9 N–H and O–H groups in total. The Balaban J connectivity index is -0.0000000667. The summed E-state index contributed by atoms with van der Waals surface area (Å²) in [6.45, 7) is 0. The van der Waals surface area contributed by atoms with E-state index in [2.05, 4.69) is 0 Å². The van der Waals surface area contributed by atoms with Gasteiger partial charge in [-0.05, 0) is 0 Å². The Morgan fingerprint density at radius 1 is 0.440 bits per heavy atom. The summed E-state index contributed by atoms with van der Waals surface area (Å²) in [5.41, 5.74) is 0. The Morgan fingerprint density at radius 3 is 0.440 bits per heavy atom. The molecule has 0 aromatic rings. The van der Waals surface area contributed by atoms with Crippen LogP contribution in [0.1, 0.15) is 0 Å². The maximum Gasteiger partial charge on any atom is 0.394 e. The molecule has 0 spiro atoms. The van der Waals surface area contributed by atoms with Crippen LogP contribution >= 0.6 is 0 Å². The van der Waals surface area contributed by atoms with Gasteiger partial charge >= 0.3 is 41.6 Å². The third kappa shape index (κ3) is 72500. The molecule has 160 valence electrons. The van der Waals surface area contributed by atoms with E-state index < -0.39 is 51.8 Å². The van der Waals surface area contributed by atoms with E-state index in [1.54, 1.807) is 0 Å². The van der Waals surface area contributed by atoms with E-state index in [0.29, 0.717) is 0 Å². The minimum atomic E-state index is -4.69. The molecule has 0 bridgehead atoms. The fraction of sp³-hybridized carbons (Fsp3) is 0. The summed E-state index contributed by atoms with van der Waals surface area (Å²) in [7, 11) is -23.4. The second kappa shape index (κ2) is 13.8. The van der Waals surface area contributed by atoms with E-state index >= 15 is 0 Å². The summed E-state index contributed by atoms with van der Waals surface area (Å²) in [4.78, 5) is 0. The van der Waals surface area contributed by atoms with Crippen molar-refractivity contribution < 1.29 is 99.0 Å². The van der Waals surface area contributed by atoms with E-state index in [4.69, 9.17) is 88.7 Å². The molecule has 25 heteroatoms. The Kier molecular flexibility index (Phi) is 19.6. The van der Waals surface area contributed by atoms with E-state index in [0.717, 1.165) is 0 Å². The smallest absolute Gasteiger partial charge is 0.264 e. The summed E-state index contributed by atoms with van der Waals surface area (Å²) >= 11 is 0. The molecule has 0 aromatic heterocycles. The van der Waals surface area contributed by atoms with Crippen molar-refractivity contribution in [1.29, 1.82) is 0 Å². The van der Waals surface area contributed by atoms with Crippen molar-refractivity contribution in [3.63, 3.8) is 0 Å². The van der Waals surface area contributed by atoms with Gasteiger partial charge in [-0.3, -0.25) is 36.4 Å². The first-order valence-electron chi connectivity index (χ1n) is 3.43. The lowest BCUT2D eigenvalue weighted by molar-refractivity contribution is -1.92. The van der Waals surface area contributed by atoms with Gasteiger partial charge in [-0.25, -0.2) is 0 Å². The number of halogens is 1. The molecule has 0 fully saturated rings. The maximum atomic E-state index is 8.74. The normalized spacial score (nSPS) is 11.7. The van der Waals surface area contributed by atoms with Crippen LogP contribution in [0.25, 0.3) is 0 Å². The zero-order chi connectivity index (χ0) is 22.5. The van der Waals surface area contributed by atoms with Crippen molar-refractivity contribution in [3.8, 4) is 0 Å². The fourth-order valence-corrected chi connectivity index (χ4v) is 0. The molecule has 0 aromatic carbocycles. The van der Waals surface area contributed by atoms with Gasteiger partial charge < -0.3 is 0 Å². The van der Waals surface area contributed by atoms with Gasteiger partial charge in [-0.2, -0.15) is 47.6 Å². The lowest BCUT2D eigenvalue weighted by Gasteiger charge is -2.03. The van der Waals surface area contributed by atoms with Gasteiger partial charge in [0.25, 0.3) is 0 Å². The summed E-state index contributed by atoms with van der Waals surface area (Å²) < 4.78 is 159. The van der Waals surface area contributed by atoms with Gasteiger partial charge in [0.05, 0.1) is 14.9 Å². The van der Waals surface area contributed by atoms with Crippen LogP contribution in [0, 0.1) is 10.2 Å². The summed E-state index contributed by atoms with van der Waals surface area (Å²) in [6, 6.07) is 0. The summed E-state index contributed by atoms with van der Waals surface area (Å²) in [6.07, 6.45) is 0. The average Bonchev–Trinajstić information content (AvgIpc) is 1.79. The van der Waals surface area contributed by atoms with E-state index in [-0.39, 0.29) is 0 Å². The second-order valence-corrected chi connectivity index (χ2v) is 6.56. The van der Waals surface area contributed by atoms with Gasteiger partial charge in [0.1, 0.15) is 0 Å². The number of rotatable bonds is 0. The molecule has 0 amide bonds. The fourth-order valence-electron chi connectivity index (χ4n) is 0. The largest absolute Gasteiger partial charge is 0.394 e. The highest BCUT2D eigenvalue weighted by Crippen LogP contribution is 1.61. The molecule has 0 unspecified atom stereocenters. The SMILES string of the molecule is O=S(=O)(O)O.O=S(=O)(O)O.O=S(=O)(O)O.O=S(=O)(O)O.[O-][Cl+3]([O-])([O-])O. The Hall–Kier alpha value is -0.390. The average molecular weight is 493 g/mol. The van der Waals surface area contributed by atoms with Crippen molar-refractivity contribution in [1.82, 2.24) is 0 Å². The summed E-state index contributed by atoms with van der Waals surface area (Å²) in [5, 5.41) is 0. The highest BCUT2D eigenvalue weighted by molar-refractivity contribution is 7.80. The lowest BCUT2D eigenvalue weighted by atomic mass is 15.8. The topological polar surface area (TPSA) is 388 Å². The second-order valence-electron chi connectivity index (χ2n) is 2.19. The van der Waals surface area contributed by atoms with Crippen molar-refractivity contribution in [3.05, 3.63) is 0 Å². The molecule has 0 aliphatic carbocycles.